The van der Waals surface area contributed by atoms with Crippen molar-refractivity contribution in [2.75, 3.05) is 13.2 Å². The summed E-state index contributed by atoms with van der Waals surface area (Å²) in [5.41, 5.74) is 10.3. The molecule has 0 aliphatic rings. The predicted molar refractivity (Wildman–Crippen MR) is 168 cm³/mol. The number of rotatable bonds is 12. The minimum absolute atomic E-state index is 0.194. The number of aliphatic imine (C=N–C) groups is 2. The third-order valence-corrected chi connectivity index (χ3v) is 6.30. The Hall–Kier alpha value is -2.24. The molecule has 0 unspecified atom stereocenters. The summed E-state index contributed by atoms with van der Waals surface area (Å²) in [4.78, 5) is 14.6. The van der Waals surface area contributed by atoms with E-state index in [1.807, 2.05) is 0 Å². The van der Waals surface area contributed by atoms with Gasteiger partial charge in [-0.2, -0.15) is 0 Å². The molecule has 3 rings (SSSR count). The van der Waals surface area contributed by atoms with Crippen LogP contribution >= 0.6 is 20.2 Å². The molecule has 2 aromatic carbocycles. The molecule has 0 amide bonds. The molecule has 0 radical (unpaired) electrons. The number of unbranched alkanes of at least 4 members (excludes halogenated alkanes) is 2. The molecule has 0 spiro atoms. The fourth-order valence-corrected chi connectivity index (χ4v) is 4.56. The van der Waals surface area contributed by atoms with Crippen LogP contribution < -0.4 is 14.5 Å². The molecule has 0 bridgehead atoms. The van der Waals surface area contributed by atoms with Crippen LogP contribution in [0.15, 0.2) is 34.3 Å². The monoisotopic (exact) mass is 626 g/mol. The van der Waals surface area contributed by atoms with Crippen LogP contribution in [-0.4, -0.2) is 25.6 Å². The fourth-order valence-electron chi connectivity index (χ4n) is 4.56. The molecular formula is C32H42Cl2FeN3O2. The summed E-state index contributed by atoms with van der Waals surface area (Å²) in [5, 5.41) is 0. The first-order valence-electron chi connectivity index (χ1n) is 13.7. The van der Waals surface area contributed by atoms with E-state index in [0.717, 1.165) is 59.3 Å². The Kier molecular flexibility index (Phi) is 14.9. The Morgan fingerprint density at radius 3 is 1.30 bits per heavy atom. The third-order valence-electron chi connectivity index (χ3n) is 6.30. The quantitative estimate of drug-likeness (QED) is 0.114. The Labute approximate surface area is 255 Å². The van der Waals surface area contributed by atoms with Gasteiger partial charge in [0.25, 0.3) is 0 Å². The van der Waals surface area contributed by atoms with E-state index in [1.54, 1.807) is 12.4 Å². The van der Waals surface area contributed by atoms with Crippen LogP contribution in [0.3, 0.4) is 0 Å². The second-order valence-electron chi connectivity index (χ2n) is 10.0. The molecule has 219 valence electrons. The zero-order chi connectivity index (χ0) is 29.7. The number of halogens is 2. The molecule has 40 heavy (non-hydrogen) atoms. The van der Waals surface area contributed by atoms with Gasteiger partial charge in [-0.05, 0) is 76.6 Å². The van der Waals surface area contributed by atoms with Crippen molar-refractivity contribution in [1.82, 2.24) is 4.98 Å². The maximum absolute atomic E-state index is 6.26. The number of hydrogen-bond acceptors (Lipinski definition) is 4. The van der Waals surface area contributed by atoms with Gasteiger partial charge >= 0.3 is 33.3 Å². The molecule has 1 heterocycles. The summed E-state index contributed by atoms with van der Waals surface area (Å²) < 4.78 is 12.5. The number of hydrogen-bond donors (Lipinski definition) is 0. The van der Waals surface area contributed by atoms with Gasteiger partial charge in [0.2, 0.25) is 0 Å². The molecule has 0 saturated carbocycles. The molecule has 0 atom stereocenters. The zero-order valence-electron chi connectivity index (χ0n) is 25.0. The number of aromatic nitrogens is 1. The number of ether oxygens (including phenoxy) is 2. The normalized spacial score (nSPS) is 11.2. The van der Waals surface area contributed by atoms with Crippen molar-refractivity contribution in [3.63, 3.8) is 0 Å². The average molecular weight is 627 g/mol. The fraction of sp³-hybridized carbons (Fsp3) is 0.438. The second-order valence-corrected chi connectivity index (χ2v) is 11.8. The molecule has 0 saturated heterocycles. The van der Waals surface area contributed by atoms with E-state index in [9.17, 15) is 0 Å². The molecule has 0 aliphatic carbocycles. The van der Waals surface area contributed by atoms with Gasteiger partial charge in [-0.1, -0.05) is 73.5 Å². The Morgan fingerprint density at radius 1 is 0.675 bits per heavy atom. The van der Waals surface area contributed by atoms with Crippen LogP contribution in [0.5, 0.6) is 11.5 Å². The van der Waals surface area contributed by atoms with Crippen molar-refractivity contribution in [2.45, 2.75) is 81.1 Å². The van der Waals surface area contributed by atoms with Crippen LogP contribution in [-0.2, 0) is 13.1 Å². The van der Waals surface area contributed by atoms with Gasteiger partial charge < -0.3 is 14.5 Å². The summed E-state index contributed by atoms with van der Waals surface area (Å²) in [6, 6.07) is 8.61. The average Bonchev–Trinajstić information content (AvgIpc) is 3.19. The molecule has 3 aromatic rings. The SMILES string of the molecule is CCCCOc1c(C=Nc2c(C)cc(C)cc2C)[n-]c(C=Nc2c(C)cc(C)cc2C)c1OCCCC.[Cl][Fe+][Cl]. The molecule has 8 heteroatoms. The van der Waals surface area contributed by atoms with Crippen molar-refractivity contribution in [3.05, 3.63) is 69.0 Å². The van der Waals surface area contributed by atoms with Crippen LogP contribution in [0.4, 0.5) is 11.4 Å². The van der Waals surface area contributed by atoms with Gasteiger partial charge in [-0.25, -0.2) is 0 Å². The topological polar surface area (TPSA) is 57.3 Å². The number of benzene rings is 2. The first kappa shape index (κ1) is 34.0. The van der Waals surface area contributed by atoms with Gasteiger partial charge in [0.05, 0.1) is 24.6 Å². The molecule has 1 aromatic heterocycles. The van der Waals surface area contributed by atoms with E-state index < -0.39 is 0 Å². The van der Waals surface area contributed by atoms with Crippen molar-refractivity contribution >= 4 is 44.0 Å². The Bertz CT molecular complexity index is 1160. The summed E-state index contributed by atoms with van der Waals surface area (Å²) in [6.45, 7) is 18.1. The Balaban J connectivity index is 0.00000178. The summed E-state index contributed by atoms with van der Waals surface area (Å²) in [6.07, 6.45) is 7.61. The van der Waals surface area contributed by atoms with Crippen LogP contribution in [0.1, 0.15) is 84.3 Å². The molecular weight excluding hydrogens is 585 g/mol. The van der Waals surface area contributed by atoms with Gasteiger partial charge in [-0.15, -0.1) is 0 Å². The number of aryl methyl sites for hydroxylation is 6. The minimum atomic E-state index is 0.194. The van der Waals surface area contributed by atoms with Crippen molar-refractivity contribution in [2.24, 2.45) is 9.98 Å². The summed E-state index contributed by atoms with van der Waals surface area (Å²) in [7, 11) is 9.53. The number of nitrogens with zero attached hydrogens (tertiary/aromatic N) is 3. The molecule has 5 nitrogen and oxygen atoms in total. The van der Waals surface area contributed by atoms with Crippen molar-refractivity contribution < 1.29 is 22.6 Å². The summed E-state index contributed by atoms with van der Waals surface area (Å²) in [5.74, 6) is 1.30. The van der Waals surface area contributed by atoms with Crippen LogP contribution in [0.2, 0.25) is 0 Å². The third kappa shape index (κ3) is 9.99. The van der Waals surface area contributed by atoms with Crippen molar-refractivity contribution in [3.8, 4) is 11.5 Å². The van der Waals surface area contributed by atoms with E-state index in [2.05, 4.69) is 79.7 Å². The van der Waals surface area contributed by atoms with E-state index in [0.29, 0.717) is 36.1 Å². The van der Waals surface area contributed by atoms with E-state index >= 15 is 0 Å². The predicted octanol–water partition coefficient (Wildman–Crippen LogP) is 9.73. The maximum atomic E-state index is 6.26. The Morgan fingerprint density at radius 2 is 1.00 bits per heavy atom. The molecule has 0 aliphatic heterocycles. The molecule has 0 N–H and O–H groups in total. The van der Waals surface area contributed by atoms with Gasteiger partial charge in [0.15, 0.2) is 0 Å². The first-order chi connectivity index (χ1) is 19.2. The van der Waals surface area contributed by atoms with E-state index in [1.165, 1.54) is 11.1 Å². The molecule has 0 fully saturated rings. The standard InChI is InChI=1S/C32H42N3O2.2ClH.Fe/c1-9-11-13-36-31-27(19-33-29-23(5)15-21(3)16-24(29)6)35-28(32(31)37-14-12-10-2)20-34-30-25(7)17-22(4)18-26(30)8;;;/h15-20H,9-14H2,1-8H3;2*1H;/q-1;;;+3/p-2. The van der Waals surface area contributed by atoms with Gasteiger partial charge in [-0.3, -0.25) is 9.98 Å². The van der Waals surface area contributed by atoms with Crippen molar-refractivity contribution in [1.29, 1.82) is 0 Å². The van der Waals surface area contributed by atoms with Gasteiger partial charge in [0.1, 0.15) is 11.5 Å². The summed E-state index contributed by atoms with van der Waals surface area (Å²) >= 11 is 0.194. The second kappa shape index (κ2) is 17.5. The van der Waals surface area contributed by atoms with E-state index in [4.69, 9.17) is 44.6 Å². The van der Waals surface area contributed by atoms with Gasteiger partial charge in [0, 0.05) is 12.4 Å². The van der Waals surface area contributed by atoms with Crippen LogP contribution in [0.25, 0.3) is 0 Å². The zero-order valence-corrected chi connectivity index (χ0v) is 27.6. The van der Waals surface area contributed by atoms with E-state index in [-0.39, 0.29) is 13.1 Å². The first-order valence-corrected chi connectivity index (χ1v) is 16.8. The van der Waals surface area contributed by atoms with Crippen LogP contribution in [0, 0.1) is 41.5 Å².